The van der Waals surface area contributed by atoms with Crippen LogP contribution in [0.1, 0.15) is 284 Å². The van der Waals surface area contributed by atoms with Crippen molar-refractivity contribution >= 4 is 13.7 Å². The number of nitrogens with one attached hydrogen (secondary N) is 1. The van der Waals surface area contributed by atoms with E-state index in [1.165, 1.54) is 212 Å². The van der Waals surface area contributed by atoms with Gasteiger partial charge in [0.05, 0.1) is 39.9 Å². The molecule has 0 fully saturated rings. The molecule has 0 saturated carbocycles. The normalized spacial score (nSPS) is 14.1. The van der Waals surface area contributed by atoms with E-state index in [2.05, 4.69) is 43.5 Å². The number of phosphoric acid groups is 1. The summed E-state index contributed by atoms with van der Waals surface area (Å²) in [6, 6.07) is -0.762. The van der Waals surface area contributed by atoms with Crippen molar-refractivity contribution in [1.29, 1.82) is 0 Å². The van der Waals surface area contributed by atoms with E-state index >= 15 is 0 Å². The smallest absolute Gasteiger partial charge is 0.391 e. The van der Waals surface area contributed by atoms with Crippen molar-refractivity contribution in [2.24, 2.45) is 0 Å². The van der Waals surface area contributed by atoms with Crippen LogP contribution in [0.25, 0.3) is 0 Å². The molecule has 0 aliphatic carbocycles. The van der Waals surface area contributed by atoms with Gasteiger partial charge in [-0.25, -0.2) is 4.57 Å². The molecule has 0 heterocycles. The highest BCUT2D eigenvalue weighted by atomic mass is 31.2. The Kier molecular flexibility index (Phi) is 48.2. The topological polar surface area (TPSA) is 105 Å². The first-order valence-electron chi connectivity index (χ1n) is 28.7. The zero-order chi connectivity index (χ0) is 48.5. The van der Waals surface area contributed by atoms with E-state index in [1.54, 1.807) is 0 Å². The molecule has 3 unspecified atom stereocenters. The quantitative estimate of drug-likeness (QED) is 0.0243. The molecule has 0 aromatic carbocycles. The van der Waals surface area contributed by atoms with Gasteiger partial charge in [-0.2, -0.15) is 0 Å². The molecule has 0 rings (SSSR count). The van der Waals surface area contributed by atoms with Crippen molar-refractivity contribution in [3.8, 4) is 0 Å². The lowest BCUT2D eigenvalue weighted by atomic mass is 10.0. The van der Waals surface area contributed by atoms with E-state index in [0.29, 0.717) is 23.9 Å². The fourth-order valence-corrected chi connectivity index (χ4v) is 9.40. The van der Waals surface area contributed by atoms with Crippen molar-refractivity contribution < 1.29 is 32.9 Å². The second-order valence-electron chi connectivity index (χ2n) is 21.0. The third kappa shape index (κ3) is 50.8. The lowest BCUT2D eigenvalue weighted by Crippen LogP contribution is -2.46. The van der Waals surface area contributed by atoms with E-state index in [4.69, 9.17) is 9.05 Å². The fourth-order valence-electron chi connectivity index (χ4n) is 8.67. The van der Waals surface area contributed by atoms with E-state index < -0.39 is 20.0 Å². The Morgan fingerprint density at radius 3 is 1.27 bits per heavy atom. The predicted molar refractivity (Wildman–Crippen MR) is 286 cm³/mol. The number of quaternary nitrogens is 1. The van der Waals surface area contributed by atoms with Crippen molar-refractivity contribution in [3.05, 3.63) is 24.3 Å². The number of allylic oxidation sites excluding steroid dienone is 4. The number of carbonyl (C=O) groups is 1. The molecule has 0 aromatic rings. The van der Waals surface area contributed by atoms with Crippen LogP contribution in [0, 0.1) is 0 Å². The van der Waals surface area contributed by atoms with Crippen molar-refractivity contribution in [3.63, 3.8) is 0 Å². The Labute approximate surface area is 411 Å². The largest absolute Gasteiger partial charge is 0.472 e. The van der Waals surface area contributed by atoms with Gasteiger partial charge >= 0.3 is 7.82 Å². The Morgan fingerprint density at radius 2 is 0.864 bits per heavy atom. The zero-order valence-electron chi connectivity index (χ0n) is 44.7. The van der Waals surface area contributed by atoms with Crippen LogP contribution >= 0.6 is 7.82 Å². The summed E-state index contributed by atoms with van der Waals surface area (Å²) in [7, 11) is 1.62. The van der Waals surface area contributed by atoms with E-state index in [9.17, 15) is 19.4 Å². The summed E-state index contributed by atoms with van der Waals surface area (Å²) in [6.45, 7) is 4.90. The van der Waals surface area contributed by atoms with Crippen LogP contribution in [-0.4, -0.2) is 73.4 Å². The second kappa shape index (κ2) is 49.0. The standard InChI is InChI=1S/C57H113N2O6P/c1-6-8-10-12-14-16-18-20-22-24-26-27-28-29-30-31-33-34-36-38-40-42-44-46-48-50-56(60)55(54-65-66(62,63)64-53-52-59(3,4)5)58-57(61)51-49-47-45-43-41-39-37-35-32-25-23-21-19-17-15-13-11-9-7-2/h15,17,21,23,55-56,60H,6-14,16,18-20,22,24-54H2,1-5H3,(H-,58,61,62,63)/p+1/b17-15-,23-21-. The molecule has 3 N–H and O–H groups in total. The molecule has 0 aliphatic heterocycles. The number of aliphatic hydroxyl groups is 1. The second-order valence-corrected chi connectivity index (χ2v) is 22.5. The average Bonchev–Trinajstić information content (AvgIpc) is 3.28. The molecular formula is C57H114N2O6P+. The molecule has 0 aromatic heterocycles. The van der Waals surface area contributed by atoms with Crippen LogP contribution in [0.3, 0.4) is 0 Å². The summed E-state index contributed by atoms with van der Waals surface area (Å²) in [5.74, 6) is -0.145. The number of nitrogens with zero attached hydrogens (tertiary/aromatic N) is 1. The predicted octanol–water partition coefficient (Wildman–Crippen LogP) is 17.2. The van der Waals surface area contributed by atoms with Gasteiger partial charge in [-0.1, -0.05) is 256 Å². The molecule has 0 bridgehead atoms. The number of carbonyl (C=O) groups excluding carboxylic acids is 1. The maximum absolute atomic E-state index is 13.0. The third-order valence-corrected chi connectivity index (χ3v) is 14.2. The number of unbranched alkanes of at least 4 members (excludes halogenated alkanes) is 36. The fraction of sp³-hybridized carbons (Fsp3) is 0.912. The number of phosphoric ester groups is 1. The van der Waals surface area contributed by atoms with Gasteiger partial charge in [0, 0.05) is 6.42 Å². The molecule has 8 nitrogen and oxygen atoms in total. The van der Waals surface area contributed by atoms with Gasteiger partial charge in [0.25, 0.3) is 0 Å². The summed E-state index contributed by atoms with van der Waals surface area (Å²) in [5, 5.41) is 14.1. The lowest BCUT2D eigenvalue weighted by Gasteiger charge is -2.26. The number of aliphatic hydroxyl groups excluding tert-OH is 1. The first-order valence-corrected chi connectivity index (χ1v) is 30.2. The van der Waals surface area contributed by atoms with Gasteiger partial charge in [0.2, 0.25) is 5.91 Å². The van der Waals surface area contributed by atoms with Gasteiger partial charge in [-0.05, 0) is 44.9 Å². The van der Waals surface area contributed by atoms with Gasteiger partial charge < -0.3 is 19.8 Å². The molecular weight excluding hydrogens is 840 g/mol. The third-order valence-electron chi connectivity index (χ3n) is 13.2. The Hall–Kier alpha value is -1.02. The zero-order valence-corrected chi connectivity index (χ0v) is 45.6. The molecule has 0 spiro atoms. The highest BCUT2D eigenvalue weighted by Gasteiger charge is 2.28. The average molecular weight is 955 g/mol. The van der Waals surface area contributed by atoms with Crippen LogP contribution in [0.5, 0.6) is 0 Å². The van der Waals surface area contributed by atoms with Gasteiger partial charge in [-0.15, -0.1) is 0 Å². The summed E-state index contributed by atoms with van der Waals surface area (Å²) >= 11 is 0. The van der Waals surface area contributed by atoms with E-state index in [1.807, 2.05) is 21.1 Å². The SMILES string of the molecule is CCCCC/C=C\C/C=C\CCCCCCCCCCCC(=O)NC(COP(=O)(O)OCC[N+](C)(C)C)C(O)CCCCCCCCCCCCCCCCCCCCCCCCCCC. The van der Waals surface area contributed by atoms with Gasteiger partial charge in [0.1, 0.15) is 13.2 Å². The van der Waals surface area contributed by atoms with Crippen LogP contribution in [0.15, 0.2) is 24.3 Å². The first kappa shape index (κ1) is 65.0. The maximum Gasteiger partial charge on any atom is 0.472 e. The number of likely N-dealkylation sites (N-methyl/N-ethyl adjacent to an activating group) is 1. The Balaban J connectivity index is 4.15. The minimum atomic E-state index is -4.32. The summed E-state index contributed by atoms with van der Waals surface area (Å²) in [4.78, 5) is 23.3. The van der Waals surface area contributed by atoms with E-state index in [0.717, 1.165) is 44.9 Å². The molecule has 0 radical (unpaired) electrons. The highest BCUT2D eigenvalue weighted by molar-refractivity contribution is 7.47. The summed E-state index contributed by atoms with van der Waals surface area (Å²) in [5.41, 5.74) is 0. The minimum Gasteiger partial charge on any atom is -0.391 e. The van der Waals surface area contributed by atoms with Gasteiger partial charge in [-0.3, -0.25) is 13.8 Å². The molecule has 66 heavy (non-hydrogen) atoms. The molecule has 0 aliphatic rings. The molecule has 392 valence electrons. The minimum absolute atomic E-state index is 0.0750. The summed E-state index contributed by atoms with van der Waals surface area (Å²) in [6.07, 6.45) is 60.8. The van der Waals surface area contributed by atoms with Crippen LogP contribution < -0.4 is 5.32 Å². The van der Waals surface area contributed by atoms with Crippen LogP contribution in [-0.2, 0) is 18.4 Å². The van der Waals surface area contributed by atoms with Crippen molar-refractivity contribution in [2.75, 3.05) is 40.9 Å². The first-order chi connectivity index (χ1) is 32.0. The van der Waals surface area contributed by atoms with Crippen molar-refractivity contribution in [2.45, 2.75) is 296 Å². The number of amides is 1. The molecule has 3 atom stereocenters. The van der Waals surface area contributed by atoms with Crippen LogP contribution in [0.2, 0.25) is 0 Å². The molecule has 1 amide bonds. The maximum atomic E-state index is 13.0. The number of hydrogen-bond donors (Lipinski definition) is 3. The Morgan fingerprint density at radius 1 is 0.515 bits per heavy atom. The number of hydrogen-bond acceptors (Lipinski definition) is 5. The molecule has 9 heteroatoms. The van der Waals surface area contributed by atoms with Gasteiger partial charge in [0.15, 0.2) is 0 Å². The summed E-state index contributed by atoms with van der Waals surface area (Å²) < 4.78 is 23.8. The highest BCUT2D eigenvalue weighted by Crippen LogP contribution is 2.43. The monoisotopic (exact) mass is 954 g/mol. The van der Waals surface area contributed by atoms with E-state index in [-0.39, 0.29) is 19.1 Å². The number of rotatable bonds is 53. The Bertz CT molecular complexity index is 1130. The van der Waals surface area contributed by atoms with Crippen LogP contribution in [0.4, 0.5) is 0 Å². The molecule has 0 saturated heterocycles. The lowest BCUT2D eigenvalue weighted by molar-refractivity contribution is -0.870. The van der Waals surface area contributed by atoms with Crippen molar-refractivity contribution in [1.82, 2.24) is 5.32 Å².